The molecule has 0 saturated heterocycles. The molecule has 0 atom stereocenters. The predicted molar refractivity (Wildman–Crippen MR) is 73.7 cm³/mol. The van der Waals surface area contributed by atoms with Crippen LogP contribution in [-0.4, -0.2) is 4.98 Å². The van der Waals surface area contributed by atoms with Gasteiger partial charge in [-0.1, -0.05) is 34.8 Å². The summed E-state index contributed by atoms with van der Waals surface area (Å²) in [5.41, 5.74) is 6.32. The lowest BCUT2D eigenvalue weighted by Gasteiger charge is -2.08. The van der Waals surface area contributed by atoms with Crippen LogP contribution in [0.15, 0.2) is 30.5 Å². The van der Waals surface area contributed by atoms with Gasteiger partial charge >= 0.3 is 0 Å². The summed E-state index contributed by atoms with van der Waals surface area (Å²) in [6.45, 7) is 0.375. The summed E-state index contributed by atoms with van der Waals surface area (Å²) in [4.78, 5) is 4.09. The Bertz CT molecular complexity index is 575. The van der Waals surface area contributed by atoms with Crippen LogP contribution >= 0.6 is 34.8 Å². The molecule has 0 amide bonds. The second-order valence-corrected chi connectivity index (χ2v) is 4.73. The molecule has 0 unspecified atom stereocenters. The SMILES string of the molecule is NCc1cnc(Oc2ccc(Cl)c(Cl)c2)c(Cl)c1. The van der Waals surface area contributed by atoms with Gasteiger partial charge in [0.15, 0.2) is 0 Å². The molecular weight excluding hydrogens is 295 g/mol. The summed E-state index contributed by atoms with van der Waals surface area (Å²) in [5, 5.41) is 1.26. The second-order valence-electron chi connectivity index (χ2n) is 3.51. The highest BCUT2D eigenvalue weighted by Gasteiger charge is 2.07. The first kappa shape index (κ1) is 13.4. The van der Waals surface area contributed by atoms with Crippen molar-refractivity contribution in [3.05, 3.63) is 51.1 Å². The van der Waals surface area contributed by atoms with Gasteiger partial charge in [-0.2, -0.15) is 0 Å². The molecule has 1 heterocycles. The number of ether oxygens (including phenoxy) is 1. The first-order valence-corrected chi connectivity index (χ1v) is 6.21. The number of aromatic nitrogens is 1. The van der Waals surface area contributed by atoms with Crippen molar-refractivity contribution >= 4 is 34.8 Å². The van der Waals surface area contributed by atoms with Crippen molar-refractivity contribution in [3.8, 4) is 11.6 Å². The van der Waals surface area contributed by atoms with Gasteiger partial charge in [-0.25, -0.2) is 4.98 Å². The number of pyridine rings is 1. The van der Waals surface area contributed by atoms with Crippen LogP contribution in [0.2, 0.25) is 15.1 Å². The summed E-state index contributed by atoms with van der Waals surface area (Å²) < 4.78 is 5.52. The molecule has 1 aromatic heterocycles. The lowest BCUT2D eigenvalue weighted by Crippen LogP contribution is -1.98. The zero-order valence-corrected chi connectivity index (χ0v) is 11.4. The lowest BCUT2D eigenvalue weighted by atomic mass is 10.3. The minimum absolute atomic E-state index is 0.298. The Morgan fingerprint density at radius 1 is 1.06 bits per heavy atom. The van der Waals surface area contributed by atoms with Crippen LogP contribution in [0.1, 0.15) is 5.56 Å². The molecule has 2 aromatic rings. The van der Waals surface area contributed by atoms with E-state index in [9.17, 15) is 0 Å². The Morgan fingerprint density at radius 2 is 1.83 bits per heavy atom. The van der Waals surface area contributed by atoms with E-state index in [1.807, 2.05) is 0 Å². The molecule has 0 aliphatic heterocycles. The number of halogens is 3. The van der Waals surface area contributed by atoms with Crippen molar-refractivity contribution in [2.75, 3.05) is 0 Å². The third-order valence-electron chi connectivity index (χ3n) is 2.21. The average molecular weight is 304 g/mol. The maximum Gasteiger partial charge on any atom is 0.238 e. The van der Waals surface area contributed by atoms with E-state index in [0.717, 1.165) is 5.56 Å². The maximum absolute atomic E-state index is 6.03. The fraction of sp³-hybridized carbons (Fsp3) is 0.0833. The molecule has 1 aromatic carbocycles. The molecular formula is C12H9Cl3N2O. The highest BCUT2D eigenvalue weighted by atomic mass is 35.5. The molecule has 94 valence electrons. The summed E-state index contributed by atoms with van der Waals surface area (Å²) in [7, 11) is 0. The van der Waals surface area contributed by atoms with Gasteiger partial charge in [0, 0.05) is 18.8 Å². The van der Waals surface area contributed by atoms with Crippen molar-refractivity contribution in [2.45, 2.75) is 6.54 Å². The van der Waals surface area contributed by atoms with Crippen molar-refractivity contribution in [1.82, 2.24) is 4.98 Å². The Balaban J connectivity index is 2.25. The van der Waals surface area contributed by atoms with Crippen molar-refractivity contribution in [1.29, 1.82) is 0 Å². The van der Waals surface area contributed by atoms with E-state index in [1.165, 1.54) is 0 Å². The van der Waals surface area contributed by atoms with Gasteiger partial charge in [0.1, 0.15) is 10.8 Å². The van der Waals surface area contributed by atoms with Gasteiger partial charge in [-0.15, -0.1) is 0 Å². The number of benzene rings is 1. The molecule has 0 spiro atoms. The van der Waals surface area contributed by atoms with Crippen LogP contribution in [-0.2, 0) is 6.54 Å². The largest absolute Gasteiger partial charge is 0.437 e. The first-order valence-electron chi connectivity index (χ1n) is 5.07. The highest BCUT2D eigenvalue weighted by molar-refractivity contribution is 6.42. The fourth-order valence-electron chi connectivity index (χ4n) is 1.30. The van der Waals surface area contributed by atoms with E-state index >= 15 is 0 Å². The molecule has 0 aliphatic rings. The van der Waals surface area contributed by atoms with E-state index in [0.29, 0.717) is 33.2 Å². The fourth-order valence-corrected chi connectivity index (χ4v) is 1.82. The van der Waals surface area contributed by atoms with Gasteiger partial charge in [0.2, 0.25) is 5.88 Å². The van der Waals surface area contributed by atoms with E-state index in [2.05, 4.69) is 4.98 Å². The summed E-state index contributed by atoms with van der Waals surface area (Å²) in [5.74, 6) is 0.812. The number of rotatable bonds is 3. The summed E-state index contributed by atoms with van der Waals surface area (Å²) in [6, 6.07) is 6.63. The van der Waals surface area contributed by atoms with E-state index in [-0.39, 0.29) is 0 Å². The third-order valence-corrected chi connectivity index (χ3v) is 3.22. The average Bonchev–Trinajstić information content (AvgIpc) is 2.36. The maximum atomic E-state index is 6.03. The third kappa shape index (κ3) is 3.06. The van der Waals surface area contributed by atoms with Crippen LogP contribution in [0, 0.1) is 0 Å². The lowest BCUT2D eigenvalue weighted by molar-refractivity contribution is 0.463. The number of nitrogens with zero attached hydrogens (tertiary/aromatic N) is 1. The number of hydrogen-bond acceptors (Lipinski definition) is 3. The van der Waals surface area contributed by atoms with Gasteiger partial charge < -0.3 is 10.5 Å². The Kier molecular flexibility index (Phi) is 4.30. The van der Waals surface area contributed by atoms with Crippen LogP contribution < -0.4 is 10.5 Å². The van der Waals surface area contributed by atoms with E-state index in [1.54, 1.807) is 30.5 Å². The van der Waals surface area contributed by atoms with Crippen LogP contribution in [0.25, 0.3) is 0 Å². The monoisotopic (exact) mass is 302 g/mol. The molecule has 2 rings (SSSR count). The standard InChI is InChI=1S/C12H9Cl3N2O/c13-9-2-1-8(4-10(9)14)18-12-11(15)3-7(5-16)6-17-12/h1-4,6H,5,16H2. The van der Waals surface area contributed by atoms with Gasteiger partial charge in [-0.3, -0.25) is 0 Å². The molecule has 18 heavy (non-hydrogen) atoms. The molecule has 2 N–H and O–H groups in total. The van der Waals surface area contributed by atoms with Gasteiger partial charge in [-0.05, 0) is 23.8 Å². The van der Waals surface area contributed by atoms with Gasteiger partial charge in [0.25, 0.3) is 0 Å². The van der Waals surface area contributed by atoms with E-state index in [4.69, 9.17) is 45.3 Å². The minimum atomic E-state index is 0.298. The topological polar surface area (TPSA) is 48.1 Å². The molecule has 0 saturated carbocycles. The molecule has 0 radical (unpaired) electrons. The van der Waals surface area contributed by atoms with Gasteiger partial charge in [0.05, 0.1) is 10.0 Å². The minimum Gasteiger partial charge on any atom is -0.437 e. The summed E-state index contributed by atoms with van der Waals surface area (Å²) in [6.07, 6.45) is 1.61. The second kappa shape index (κ2) is 5.76. The molecule has 0 bridgehead atoms. The Hall–Kier alpha value is -1.000. The molecule has 6 heteroatoms. The number of hydrogen-bond donors (Lipinski definition) is 1. The van der Waals surface area contributed by atoms with Crippen LogP contribution in [0.3, 0.4) is 0 Å². The zero-order chi connectivity index (χ0) is 13.1. The van der Waals surface area contributed by atoms with Crippen molar-refractivity contribution < 1.29 is 4.74 Å². The Labute approximate surface area is 119 Å². The van der Waals surface area contributed by atoms with Crippen molar-refractivity contribution in [2.24, 2.45) is 5.73 Å². The Morgan fingerprint density at radius 3 is 2.44 bits per heavy atom. The molecule has 3 nitrogen and oxygen atoms in total. The van der Waals surface area contributed by atoms with Crippen molar-refractivity contribution in [3.63, 3.8) is 0 Å². The van der Waals surface area contributed by atoms with E-state index < -0.39 is 0 Å². The first-order chi connectivity index (χ1) is 8.60. The number of nitrogens with two attached hydrogens (primary N) is 1. The van der Waals surface area contributed by atoms with Crippen LogP contribution in [0.5, 0.6) is 11.6 Å². The molecule has 0 fully saturated rings. The predicted octanol–water partition coefficient (Wildman–Crippen LogP) is 4.29. The smallest absolute Gasteiger partial charge is 0.238 e. The zero-order valence-electron chi connectivity index (χ0n) is 9.16. The summed E-state index contributed by atoms with van der Waals surface area (Å²) >= 11 is 17.7. The quantitative estimate of drug-likeness (QED) is 0.920. The normalized spacial score (nSPS) is 10.4. The van der Waals surface area contributed by atoms with Crippen LogP contribution in [0.4, 0.5) is 0 Å². The highest BCUT2D eigenvalue weighted by Crippen LogP contribution is 2.31. The molecule has 0 aliphatic carbocycles.